The number of hydrogen-bond donors (Lipinski definition) is 1. The van der Waals surface area contributed by atoms with E-state index in [-0.39, 0.29) is 5.23 Å². The van der Waals surface area contributed by atoms with E-state index >= 15 is 0 Å². The lowest BCUT2D eigenvalue weighted by molar-refractivity contribution is 0.445. The van der Waals surface area contributed by atoms with Crippen molar-refractivity contribution in [3.05, 3.63) is 48.5 Å². The summed E-state index contributed by atoms with van der Waals surface area (Å²) in [6.45, 7) is 6.59. The van der Waals surface area contributed by atoms with Crippen molar-refractivity contribution >= 4 is 11.4 Å². The molecular formula is C20H28FN3. The smallest absolute Gasteiger partial charge is 0.0950 e. The number of rotatable bonds is 9. The molecule has 0 aromatic heterocycles. The highest BCUT2D eigenvalue weighted by molar-refractivity contribution is 5.78. The largest absolute Gasteiger partial charge is 0.372 e. The molecule has 3 nitrogen and oxygen atoms in total. The van der Waals surface area contributed by atoms with Crippen LogP contribution in [0.25, 0.3) is 11.1 Å². The fourth-order valence-corrected chi connectivity index (χ4v) is 2.82. The Kier molecular flexibility index (Phi) is 7.07. The Balaban J connectivity index is 2.22. The van der Waals surface area contributed by atoms with Gasteiger partial charge in [0.2, 0.25) is 0 Å². The van der Waals surface area contributed by atoms with E-state index in [2.05, 4.69) is 30.9 Å². The second-order valence-corrected chi connectivity index (χ2v) is 6.07. The summed E-state index contributed by atoms with van der Waals surface area (Å²) in [5.41, 5.74) is 3.36. The first-order valence-electron chi connectivity index (χ1n) is 8.82. The van der Waals surface area contributed by atoms with E-state index in [0.29, 0.717) is 5.69 Å². The lowest BCUT2D eigenvalue weighted by Crippen LogP contribution is -2.25. The van der Waals surface area contributed by atoms with Crippen LogP contribution in [0.4, 0.5) is 15.9 Å². The number of nitrogens with zero attached hydrogens (tertiary/aromatic N) is 2. The highest BCUT2D eigenvalue weighted by Gasteiger charge is 2.10. The molecule has 0 heterocycles. The van der Waals surface area contributed by atoms with Gasteiger partial charge in [-0.3, -0.25) is 0 Å². The minimum atomic E-state index is 0.179. The first-order valence-corrected chi connectivity index (χ1v) is 8.82. The topological polar surface area (TPSA) is 32.5 Å². The number of unbranched alkanes of at least 4 members (excludes halogenated alkanes) is 2. The van der Waals surface area contributed by atoms with Crippen LogP contribution in [-0.2, 0) is 0 Å². The Morgan fingerprint density at radius 3 is 2.00 bits per heavy atom. The van der Waals surface area contributed by atoms with E-state index in [0.717, 1.165) is 24.2 Å². The Bertz CT molecular complexity index is 603. The lowest BCUT2D eigenvalue weighted by atomic mass is 10.0. The number of hydrazine groups is 1. The van der Waals surface area contributed by atoms with Crippen LogP contribution in [0.1, 0.15) is 39.5 Å². The van der Waals surface area contributed by atoms with E-state index in [1.807, 2.05) is 24.3 Å². The molecule has 0 saturated carbocycles. The van der Waals surface area contributed by atoms with Gasteiger partial charge < -0.3 is 4.90 Å². The number of halogens is 1. The van der Waals surface area contributed by atoms with Gasteiger partial charge in [0.15, 0.2) is 0 Å². The summed E-state index contributed by atoms with van der Waals surface area (Å²) in [6, 6.07) is 15.6. The molecule has 2 N–H and O–H groups in total. The fraction of sp³-hybridized carbons (Fsp3) is 0.400. The minimum absolute atomic E-state index is 0.179. The summed E-state index contributed by atoms with van der Waals surface area (Å²) in [5.74, 6) is 5.30. The predicted octanol–water partition coefficient (Wildman–Crippen LogP) is 5.32. The van der Waals surface area contributed by atoms with Crippen LogP contribution in [0, 0.1) is 0 Å². The molecule has 130 valence electrons. The number of benzene rings is 2. The SMILES string of the molecule is CCCCN(CCCC)c1ccc(-c2ccccc2N(N)F)cc1. The van der Waals surface area contributed by atoms with Gasteiger partial charge in [0.05, 0.1) is 5.69 Å². The van der Waals surface area contributed by atoms with Gasteiger partial charge >= 0.3 is 0 Å². The van der Waals surface area contributed by atoms with Crippen LogP contribution >= 0.6 is 0 Å². The molecule has 0 saturated heterocycles. The van der Waals surface area contributed by atoms with E-state index in [1.54, 1.807) is 12.1 Å². The number of anilines is 2. The molecule has 0 spiro atoms. The molecule has 0 radical (unpaired) electrons. The summed E-state index contributed by atoms with van der Waals surface area (Å²) >= 11 is 0. The predicted molar refractivity (Wildman–Crippen MR) is 102 cm³/mol. The van der Waals surface area contributed by atoms with Gasteiger partial charge in [0.25, 0.3) is 0 Å². The first-order chi connectivity index (χ1) is 11.7. The molecule has 0 aliphatic carbocycles. The zero-order chi connectivity index (χ0) is 17.4. The van der Waals surface area contributed by atoms with Gasteiger partial charge in [0.1, 0.15) is 0 Å². The second-order valence-electron chi connectivity index (χ2n) is 6.07. The molecule has 0 unspecified atom stereocenters. The molecule has 0 fully saturated rings. The maximum atomic E-state index is 13.5. The monoisotopic (exact) mass is 329 g/mol. The molecule has 0 aliphatic rings. The Morgan fingerprint density at radius 2 is 1.46 bits per heavy atom. The Labute approximate surface area is 144 Å². The molecule has 0 bridgehead atoms. The highest BCUT2D eigenvalue weighted by atomic mass is 19.2. The van der Waals surface area contributed by atoms with Crippen LogP contribution in [0.2, 0.25) is 0 Å². The van der Waals surface area contributed by atoms with Crippen molar-refractivity contribution < 1.29 is 4.48 Å². The van der Waals surface area contributed by atoms with Crippen LogP contribution < -0.4 is 16.0 Å². The van der Waals surface area contributed by atoms with Crippen molar-refractivity contribution in [3.63, 3.8) is 0 Å². The number of nitrogens with two attached hydrogens (primary N) is 1. The number of para-hydroxylation sites is 1. The van der Waals surface area contributed by atoms with Crippen LogP contribution in [0.5, 0.6) is 0 Å². The van der Waals surface area contributed by atoms with E-state index in [9.17, 15) is 4.48 Å². The molecular weight excluding hydrogens is 301 g/mol. The van der Waals surface area contributed by atoms with Crippen LogP contribution in [-0.4, -0.2) is 13.1 Å². The van der Waals surface area contributed by atoms with Gasteiger partial charge in [0, 0.05) is 24.3 Å². The third-order valence-electron chi connectivity index (χ3n) is 4.24. The maximum absolute atomic E-state index is 13.5. The Morgan fingerprint density at radius 1 is 0.875 bits per heavy atom. The van der Waals surface area contributed by atoms with Gasteiger partial charge in [-0.05, 0) is 36.6 Å². The maximum Gasteiger partial charge on any atom is 0.0950 e. The van der Waals surface area contributed by atoms with Gasteiger partial charge in [-0.1, -0.05) is 61.5 Å². The third kappa shape index (κ3) is 4.71. The molecule has 24 heavy (non-hydrogen) atoms. The molecule has 0 atom stereocenters. The van der Waals surface area contributed by atoms with Crippen LogP contribution in [0.3, 0.4) is 0 Å². The van der Waals surface area contributed by atoms with Crippen LogP contribution in [0.15, 0.2) is 48.5 Å². The van der Waals surface area contributed by atoms with Crippen molar-refractivity contribution in [3.8, 4) is 11.1 Å². The average Bonchev–Trinajstić information content (AvgIpc) is 2.62. The van der Waals surface area contributed by atoms with Crippen molar-refractivity contribution in [2.75, 3.05) is 23.2 Å². The normalized spacial score (nSPS) is 10.7. The van der Waals surface area contributed by atoms with Gasteiger partial charge in [-0.25, -0.2) is 5.84 Å². The molecule has 2 rings (SSSR count). The molecule has 0 aliphatic heterocycles. The second kappa shape index (κ2) is 9.28. The summed E-state index contributed by atoms with van der Waals surface area (Å²) in [4.78, 5) is 2.44. The molecule has 2 aromatic carbocycles. The van der Waals surface area contributed by atoms with Gasteiger partial charge in [-0.2, -0.15) is 0 Å². The quantitative estimate of drug-likeness (QED) is 0.384. The van der Waals surface area contributed by atoms with Crippen molar-refractivity contribution in [2.24, 2.45) is 5.84 Å². The third-order valence-corrected chi connectivity index (χ3v) is 4.24. The van der Waals surface area contributed by atoms with Crippen molar-refractivity contribution in [2.45, 2.75) is 39.5 Å². The average molecular weight is 329 g/mol. The van der Waals surface area contributed by atoms with E-state index in [4.69, 9.17) is 5.84 Å². The number of hydrogen-bond acceptors (Lipinski definition) is 3. The lowest BCUT2D eigenvalue weighted by Gasteiger charge is -2.25. The Hall–Kier alpha value is -2.07. The zero-order valence-electron chi connectivity index (χ0n) is 14.7. The van der Waals surface area contributed by atoms with E-state index < -0.39 is 0 Å². The summed E-state index contributed by atoms with van der Waals surface area (Å²) < 4.78 is 13.5. The van der Waals surface area contributed by atoms with Gasteiger partial charge in [-0.15, -0.1) is 5.23 Å². The molecule has 2 aromatic rings. The fourth-order valence-electron chi connectivity index (χ4n) is 2.82. The summed E-state index contributed by atoms with van der Waals surface area (Å²) in [7, 11) is 0. The standard InChI is InChI=1S/C20H28FN3/c1-3-5-15-23(16-6-4-2)18-13-11-17(12-14-18)19-9-7-8-10-20(19)24(21)22/h7-14H,3-6,15-16,22H2,1-2H3. The highest BCUT2D eigenvalue weighted by Crippen LogP contribution is 2.31. The van der Waals surface area contributed by atoms with Crippen molar-refractivity contribution in [1.29, 1.82) is 0 Å². The van der Waals surface area contributed by atoms with E-state index in [1.165, 1.54) is 31.4 Å². The summed E-state index contributed by atoms with van der Waals surface area (Å²) in [6.07, 6.45) is 4.77. The minimum Gasteiger partial charge on any atom is -0.372 e. The molecule has 0 amide bonds. The first kappa shape index (κ1) is 18.3. The summed E-state index contributed by atoms with van der Waals surface area (Å²) in [5, 5.41) is 0.179. The zero-order valence-corrected chi connectivity index (χ0v) is 14.7. The molecule has 4 heteroatoms. The van der Waals surface area contributed by atoms with Crippen molar-refractivity contribution in [1.82, 2.24) is 0 Å².